The first-order valence-electron chi connectivity index (χ1n) is 9.29. The van der Waals surface area contributed by atoms with Gasteiger partial charge < -0.3 is 14.7 Å². The van der Waals surface area contributed by atoms with Crippen LogP contribution in [0.5, 0.6) is 0 Å². The van der Waals surface area contributed by atoms with Gasteiger partial charge in [-0.3, -0.25) is 24.4 Å². The van der Waals surface area contributed by atoms with Crippen molar-refractivity contribution in [3.63, 3.8) is 0 Å². The molecule has 0 aromatic carbocycles. The second-order valence-corrected chi connectivity index (χ2v) is 8.34. The molecule has 12 heteroatoms. The Balaban J connectivity index is 1.44. The van der Waals surface area contributed by atoms with Crippen molar-refractivity contribution >= 4 is 29.4 Å². The van der Waals surface area contributed by atoms with Gasteiger partial charge in [0.15, 0.2) is 5.16 Å². The van der Waals surface area contributed by atoms with E-state index in [-0.39, 0.29) is 41.5 Å². The summed E-state index contributed by atoms with van der Waals surface area (Å²) in [6.07, 6.45) is 0. The number of amides is 1. The number of carboxylic acids is 1. The number of H-pyrrole nitrogens is 1. The van der Waals surface area contributed by atoms with E-state index < -0.39 is 5.97 Å². The summed E-state index contributed by atoms with van der Waals surface area (Å²) in [5, 5.41) is 12.4. The first-order valence-corrected chi connectivity index (χ1v) is 10.3. The third kappa shape index (κ3) is 4.43. The first kappa shape index (κ1) is 19.9. The highest BCUT2D eigenvalue weighted by molar-refractivity contribution is 7.99. The summed E-state index contributed by atoms with van der Waals surface area (Å²) in [4.78, 5) is 48.1. The number of nitrogens with one attached hydrogen (secondary N) is 1. The van der Waals surface area contributed by atoms with Crippen LogP contribution in [0.4, 0.5) is 0 Å². The van der Waals surface area contributed by atoms with E-state index in [1.54, 1.807) is 11.8 Å². The molecule has 2 aliphatic heterocycles. The lowest BCUT2D eigenvalue weighted by Gasteiger charge is -2.30. The van der Waals surface area contributed by atoms with Gasteiger partial charge in [0, 0.05) is 37.3 Å². The van der Waals surface area contributed by atoms with Crippen molar-refractivity contribution in [3.05, 3.63) is 22.1 Å². The minimum Gasteiger partial charge on any atom is -0.480 e. The zero-order valence-corrected chi connectivity index (χ0v) is 16.7. The number of thioether (sulfide) groups is 1. The number of aryl methyl sites for hydroxylation is 1. The Morgan fingerprint density at radius 1 is 1.31 bits per heavy atom. The van der Waals surface area contributed by atoms with E-state index >= 15 is 0 Å². The maximum absolute atomic E-state index is 12.9. The molecule has 2 aliphatic rings. The smallest absolute Gasteiger partial charge is 0.317 e. The lowest BCUT2D eigenvalue weighted by molar-refractivity contribution is -0.138. The van der Waals surface area contributed by atoms with Crippen LogP contribution in [0.2, 0.25) is 0 Å². The van der Waals surface area contributed by atoms with Gasteiger partial charge in [-0.1, -0.05) is 11.8 Å². The van der Waals surface area contributed by atoms with Crippen LogP contribution in [0.1, 0.15) is 5.69 Å². The Hall–Kier alpha value is -2.44. The third-order valence-corrected chi connectivity index (χ3v) is 5.84. The van der Waals surface area contributed by atoms with Crippen molar-refractivity contribution in [2.75, 3.05) is 45.1 Å². The predicted octanol–water partition coefficient (Wildman–Crippen LogP) is -0.938. The molecule has 4 rings (SSSR count). The van der Waals surface area contributed by atoms with E-state index in [1.807, 2.05) is 4.90 Å². The molecular formula is C17H22N6O5S. The van der Waals surface area contributed by atoms with Gasteiger partial charge in [0.2, 0.25) is 5.91 Å². The maximum Gasteiger partial charge on any atom is 0.317 e. The predicted molar refractivity (Wildman–Crippen MR) is 103 cm³/mol. The number of rotatable bonds is 5. The highest BCUT2D eigenvalue weighted by Gasteiger charge is 2.36. The van der Waals surface area contributed by atoms with Crippen LogP contribution in [0, 0.1) is 12.8 Å². The quantitative estimate of drug-likeness (QED) is 0.586. The van der Waals surface area contributed by atoms with Crippen molar-refractivity contribution in [2.24, 2.45) is 5.92 Å². The molecule has 0 aliphatic carbocycles. The van der Waals surface area contributed by atoms with Crippen molar-refractivity contribution in [1.29, 1.82) is 0 Å². The summed E-state index contributed by atoms with van der Waals surface area (Å²) < 4.78 is 6.93. The molecule has 2 aromatic heterocycles. The molecule has 2 saturated heterocycles. The fourth-order valence-corrected chi connectivity index (χ4v) is 4.54. The molecule has 0 unspecified atom stereocenters. The van der Waals surface area contributed by atoms with Crippen molar-refractivity contribution in [1.82, 2.24) is 29.4 Å². The van der Waals surface area contributed by atoms with Crippen LogP contribution >= 0.6 is 11.8 Å². The van der Waals surface area contributed by atoms with Gasteiger partial charge in [0.25, 0.3) is 11.3 Å². The molecule has 2 fully saturated rings. The molecule has 2 bridgehead atoms. The zero-order valence-electron chi connectivity index (χ0n) is 15.9. The average Bonchev–Trinajstić information content (AvgIpc) is 2.82. The van der Waals surface area contributed by atoms with Gasteiger partial charge in [-0.2, -0.15) is 9.50 Å². The molecule has 0 radical (unpaired) electrons. The van der Waals surface area contributed by atoms with Crippen LogP contribution in [0.3, 0.4) is 0 Å². The zero-order chi connectivity index (χ0) is 20.5. The minimum absolute atomic E-state index is 0.0378. The molecule has 4 heterocycles. The number of aliphatic carboxylic acids is 1. The first-order chi connectivity index (χ1) is 13.9. The molecule has 2 N–H and O–H groups in total. The van der Waals surface area contributed by atoms with Crippen molar-refractivity contribution in [3.8, 4) is 0 Å². The third-order valence-electron chi connectivity index (χ3n) is 4.99. The van der Waals surface area contributed by atoms with Gasteiger partial charge in [-0.15, -0.1) is 0 Å². The van der Waals surface area contributed by atoms with Gasteiger partial charge in [0.1, 0.15) is 0 Å². The van der Waals surface area contributed by atoms with Crippen LogP contribution in [-0.4, -0.2) is 97.6 Å². The summed E-state index contributed by atoms with van der Waals surface area (Å²) in [6.45, 7) is 4.21. The van der Waals surface area contributed by atoms with Crippen molar-refractivity contribution in [2.45, 2.75) is 18.1 Å². The fourth-order valence-electron chi connectivity index (χ4n) is 3.82. The summed E-state index contributed by atoms with van der Waals surface area (Å²) in [5.41, 5.74) is 0.326. The molecule has 29 heavy (non-hydrogen) atoms. The van der Waals surface area contributed by atoms with Gasteiger partial charge in [-0.05, 0) is 6.92 Å². The van der Waals surface area contributed by atoms with Gasteiger partial charge in [0.05, 0.1) is 31.6 Å². The number of carbonyl (C=O) groups is 2. The Morgan fingerprint density at radius 3 is 2.93 bits per heavy atom. The lowest BCUT2D eigenvalue weighted by Crippen LogP contribution is -2.48. The summed E-state index contributed by atoms with van der Waals surface area (Å²) in [7, 11) is 0. The SMILES string of the molecule is Cc1cc(=O)n2[nH]c(SCC(=O)N3C[C@H]4COC[C@@H]3CN(CC(=O)O)C4)nc2n1. The highest BCUT2D eigenvalue weighted by Crippen LogP contribution is 2.22. The highest BCUT2D eigenvalue weighted by atomic mass is 32.2. The van der Waals surface area contributed by atoms with Crippen LogP contribution in [0.15, 0.2) is 16.0 Å². The lowest BCUT2D eigenvalue weighted by atomic mass is 10.1. The Morgan fingerprint density at radius 2 is 2.14 bits per heavy atom. The number of hydrogen-bond donors (Lipinski definition) is 2. The van der Waals surface area contributed by atoms with Gasteiger partial charge >= 0.3 is 5.97 Å². The second-order valence-electron chi connectivity index (χ2n) is 7.38. The summed E-state index contributed by atoms with van der Waals surface area (Å²) in [5.74, 6) is -0.440. The largest absolute Gasteiger partial charge is 0.480 e. The Bertz CT molecular complexity index is 990. The van der Waals surface area contributed by atoms with E-state index in [1.165, 1.54) is 22.3 Å². The number of carboxylic acid groups (broad SMARTS) is 1. The number of hydrogen-bond acceptors (Lipinski definition) is 8. The fraction of sp³-hybridized carbons (Fsp3) is 0.588. The molecule has 11 nitrogen and oxygen atoms in total. The summed E-state index contributed by atoms with van der Waals surface area (Å²) in [6, 6.07) is 1.23. The van der Waals surface area contributed by atoms with Crippen LogP contribution < -0.4 is 5.56 Å². The molecule has 2 aromatic rings. The van der Waals surface area contributed by atoms with Crippen molar-refractivity contribution < 1.29 is 19.4 Å². The standard InChI is InChI=1S/C17H22N6O5S/c1-10-2-13(24)23-16(18-10)19-17(20-23)29-9-14(25)22-4-11-3-21(6-15(26)27)5-12(22)8-28-7-11/h2,11-12H,3-9H2,1H3,(H,26,27)(H,18,19,20)/t11-,12-/m0/s1. The Kier molecular flexibility index (Phi) is 5.56. The molecule has 0 spiro atoms. The molecule has 0 saturated carbocycles. The summed E-state index contributed by atoms with van der Waals surface area (Å²) >= 11 is 1.21. The van der Waals surface area contributed by atoms with E-state index in [9.17, 15) is 14.4 Å². The maximum atomic E-state index is 12.9. The molecule has 1 amide bonds. The monoisotopic (exact) mass is 422 g/mol. The van der Waals surface area contributed by atoms with E-state index in [0.29, 0.717) is 43.7 Å². The number of nitrogens with zero attached hydrogens (tertiary/aromatic N) is 5. The van der Waals surface area contributed by atoms with E-state index in [0.717, 1.165) is 0 Å². The second kappa shape index (κ2) is 8.13. The molecule has 156 valence electrons. The number of fused-ring (bicyclic) bond motifs is 4. The Labute approximate surface area is 170 Å². The van der Waals surface area contributed by atoms with E-state index in [2.05, 4.69) is 15.1 Å². The number of aromatic amines is 1. The number of carbonyl (C=O) groups excluding carboxylic acids is 1. The normalized spacial score (nSPS) is 22.6. The number of ether oxygens (including phenoxy) is 1. The average molecular weight is 422 g/mol. The molecule has 2 atom stereocenters. The molecular weight excluding hydrogens is 400 g/mol. The van der Waals surface area contributed by atoms with Crippen LogP contribution in [0.25, 0.3) is 5.78 Å². The van der Waals surface area contributed by atoms with E-state index in [4.69, 9.17) is 9.84 Å². The number of aromatic nitrogens is 4. The minimum atomic E-state index is -0.872. The topological polar surface area (TPSA) is 133 Å². The van der Waals surface area contributed by atoms with Gasteiger partial charge in [-0.25, -0.2) is 4.98 Å². The van der Waals surface area contributed by atoms with Crippen LogP contribution in [-0.2, 0) is 14.3 Å².